The number of hydrogen-bond acceptors (Lipinski definition) is 4. The maximum Gasteiger partial charge on any atom is 0.254 e. The van der Waals surface area contributed by atoms with Crippen molar-refractivity contribution in [3.63, 3.8) is 0 Å². The van der Waals surface area contributed by atoms with Crippen LogP contribution in [0.3, 0.4) is 0 Å². The lowest BCUT2D eigenvalue weighted by Crippen LogP contribution is -2.48. The Morgan fingerprint density at radius 3 is 2.39 bits per heavy atom. The van der Waals surface area contributed by atoms with Crippen LogP contribution >= 0.6 is 0 Å². The molecule has 0 bridgehead atoms. The van der Waals surface area contributed by atoms with Gasteiger partial charge in [-0.25, -0.2) is 9.37 Å². The van der Waals surface area contributed by atoms with E-state index in [1.54, 1.807) is 35.2 Å². The highest BCUT2D eigenvalue weighted by atomic mass is 19.1. The predicted molar refractivity (Wildman–Crippen MR) is 103 cm³/mol. The predicted octanol–water partition coefficient (Wildman–Crippen LogP) is 4.40. The van der Waals surface area contributed by atoms with E-state index in [4.69, 9.17) is 9.15 Å². The third kappa shape index (κ3) is 3.55. The molecule has 3 aromatic rings. The maximum absolute atomic E-state index is 14.1. The number of carbonyl (C=O) groups is 1. The van der Waals surface area contributed by atoms with Crippen molar-refractivity contribution in [3.8, 4) is 22.8 Å². The summed E-state index contributed by atoms with van der Waals surface area (Å²) in [6.07, 6.45) is 1.44. The molecule has 0 aliphatic carbocycles. The maximum atomic E-state index is 14.1. The third-order valence-electron chi connectivity index (χ3n) is 4.74. The summed E-state index contributed by atoms with van der Waals surface area (Å²) in [4.78, 5) is 19.2. The second-order valence-corrected chi connectivity index (χ2v) is 7.02. The Bertz CT molecular complexity index is 991. The highest BCUT2D eigenvalue weighted by molar-refractivity contribution is 6.00. The number of carbonyl (C=O) groups excluding carboxylic acids is 1. The fraction of sp³-hybridized carbons (Fsp3) is 0.273. The number of aromatic nitrogens is 1. The topological polar surface area (TPSA) is 55.6 Å². The molecule has 2 aromatic carbocycles. The van der Waals surface area contributed by atoms with Gasteiger partial charge < -0.3 is 14.1 Å². The first-order valence-electron chi connectivity index (χ1n) is 9.28. The van der Waals surface area contributed by atoms with Crippen LogP contribution in [0.15, 0.2) is 59.1 Å². The Balaban J connectivity index is 1.67. The van der Waals surface area contributed by atoms with Gasteiger partial charge in [0.2, 0.25) is 5.89 Å². The minimum absolute atomic E-state index is 0.0192. The van der Waals surface area contributed by atoms with E-state index in [9.17, 15) is 9.18 Å². The summed E-state index contributed by atoms with van der Waals surface area (Å²) in [7, 11) is 0. The van der Waals surface area contributed by atoms with Crippen LogP contribution in [-0.2, 0) is 4.74 Å². The first-order chi connectivity index (χ1) is 13.5. The minimum Gasteiger partial charge on any atom is -0.436 e. The van der Waals surface area contributed by atoms with Crippen molar-refractivity contribution >= 4 is 5.91 Å². The normalized spacial score (nSPS) is 19.6. The van der Waals surface area contributed by atoms with E-state index < -0.39 is 0 Å². The number of benzene rings is 2. The van der Waals surface area contributed by atoms with Crippen LogP contribution in [0.5, 0.6) is 0 Å². The van der Waals surface area contributed by atoms with E-state index in [-0.39, 0.29) is 29.8 Å². The zero-order valence-corrected chi connectivity index (χ0v) is 15.8. The highest BCUT2D eigenvalue weighted by Gasteiger charge is 2.28. The van der Waals surface area contributed by atoms with Gasteiger partial charge in [-0.15, -0.1) is 0 Å². The fourth-order valence-electron chi connectivity index (χ4n) is 3.55. The van der Waals surface area contributed by atoms with Crippen molar-refractivity contribution in [1.29, 1.82) is 0 Å². The van der Waals surface area contributed by atoms with Crippen molar-refractivity contribution in [2.24, 2.45) is 0 Å². The molecule has 1 fully saturated rings. The SMILES string of the molecule is CC1CN(C(=O)c2ccccc2-c2ncc(-c3ccccc3F)o2)CC(C)O1. The van der Waals surface area contributed by atoms with Gasteiger partial charge in [0.15, 0.2) is 5.76 Å². The third-order valence-corrected chi connectivity index (χ3v) is 4.74. The van der Waals surface area contributed by atoms with Crippen LogP contribution in [0.25, 0.3) is 22.8 Å². The van der Waals surface area contributed by atoms with Crippen LogP contribution < -0.4 is 0 Å². The molecule has 2 heterocycles. The quantitative estimate of drug-likeness (QED) is 0.676. The van der Waals surface area contributed by atoms with Crippen molar-refractivity contribution in [1.82, 2.24) is 9.88 Å². The average Bonchev–Trinajstić information content (AvgIpc) is 3.17. The first kappa shape index (κ1) is 18.4. The molecule has 1 aromatic heterocycles. The Morgan fingerprint density at radius 2 is 1.68 bits per heavy atom. The molecule has 1 saturated heterocycles. The largest absolute Gasteiger partial charge is 0.436 e. The second kappa shape index (κ2) is 7.56. The van der Waals surface area contributed by atoms with Gasteiger partial charge in [0.25, 0.3) is 5.91 Å². The number of hydrogen-bond donors (Lipinski definition) is 0. The molecule has 0 N–H and O–H groups in total. The van der Waals surface area contributed by atoms with Crippen LogP contribution in [0.1, 0.15) is 24.2 Å². The van der Waals surface area contributed by atoms with Crippen molar-refractivity contribution in [2.75, 3.05) is 13.1 Å². The monoisotopic (exact) mass is 380 g/mol. The summed E-state index contributed by atoms with van der Waals surface area (Å²) >= 11 is 0. The molecule has 0 radical (unpaired) electrons. The van der Waals surface area contributed by atoms with Crippen molar-refractivity contribution in [2.45, 2.75) is 26.1 Å². The number of amides is 1. The van der Waals surface area contributed by atoms with Gasteiger partial charge in [0, 0.05) is 18.7 Å². The van der Waals surface area contributed by atoms with Gasteiger partial charge in [-0.1, -0.05) is 24.3 Å². The summed E-state index contributed by atoms with van der Waals surface area (Å²) in [6, 6.07) is 13.5. The summed E-state index contributed by atoms with van der Waals surface area (Å²) in [6.45, 7) is 4.97. The lowest BCUT2D eigenvalue weighted by atomic mass is 10.1. The van der Waals surface area contributed by atoms with Crippen LogP contribution in [-0.4, -0.2) is 41.1 Å². The van der Waals surface area contributed by atoms with E-state index in [2.05, 4.69) is 4.98 Å². The van der Waals surface area contributed by atoms with E-state index in [1.165, 1.54) is 12.3 Å². The molecule has 144 valence electrons. The smallest absolute Gasteiger partial charge is 0.254 e. The molecule has 28 heavy (non-hydrogen) atoms. The van der Waals surface area contributed by atoms with E-state index in [1.807, 2.05) is 26.0 Å². The number of nitrogens with zero attached hydrogens (tertiary/aromatic N) is 2. The molecular formula is C22H21FN2O3. The van der Waals surface area contributed by atoms with Crippen LogP contribution in [0.2, 0.25) is 0 Å². The summed E-state index contributed by atoms with van der Waals surface area (Å²) in [5.74, 6) is 0.134. The Morgan fingerprint density at radius 1 is 1.04 bits per heavy atom. The zero-order valence-electron chi connectivity index (χ0n) is 15.8. The van der Waals surface area contributed by atoms with E-state index >= 15 is 0 Å². The van der Waals surface area contributed by atoms with Gasteiger partial charge >= 0.3 is 0 Å². The first-order valence-corrected chi connectivity index (χ1v) is 9.28. The molecule has 2 unspecified atom stereocenters. The van der Waals surface area contributed by atoms with Gasteiger partial charge in [-0.2, -0.15) is 0 Å². The van der Waals surface area contributed by atoms with E-state index in [0.29, 0.717) is 35.5 Å². The molecule has 5 nitrogen and oxygen atoms in total. The number of morpholine rings is 1. The second-order valence-electron chi connectivity index (χ2n) is 7.02. The number of rotatable bonds is 3. The molecule has 2 atom stereocenters. The molecule has 6 heteroatoms. The average molecular weight is 380 g/mol. The van der Waals surface area contributed by atoms with Crippen LogP contribution in [0, 0.1) is 5.82 Å². The van der Waals surface area contributed by atoms with Crippen molar-refractivity contribution < 1.29 is 18.3 Å². The summed E-state index contributed by atoms with van der Waals surface area (Å²) in [5.41, 5.74) is 1.42. The van der Waals surface area contributed by atoms with Gasteiger partial charge in [0.1, 0.15) is 5.82 Å². The molecule has 4 rings (SSSR count). The molecule has 1 amide bonds. The minimum atomic E-state index is -0.383. The Hall–Kier alpha value is -2.99. The Kier molecular flexibility index (Phi) is 4.96. The van der Waals surface area contributed by atoms with Gasteiger partial charge in [0.05, 0.1) is 29.5 Å². The summed E-state index contributed by atoms with van der Waals surface area (Å²) < 4.78 is 25.6. The van der Waals surface area contributed by atoms with E-state index in [0.717, 1.165) is 0 Å². The zero-order chi connectivity index (χ0) is 19.7. The lowest BCUT2D eigenvalue weighted by Gasteiger charge is -2.35. The molecular weight excluding hydrogens is 359 g/mol. The molecule has 0 spiro atoms. The molecule has 1 aliphatic heterocycles. The molecule has 1 aliphatic rings. The van der Waals surface area contributed by atoms with Crippen LogP contribution in [0.4, 0.5) is 4.39 Å². The number of halogens is 1. The van der Waals surface area contributed by atoms with Gasteiger partial charge in [-0.3, -0.25) is 4.79 Å². The summed E-state index contributed by atoms with van der Waals surface area (Å²) in [5, 5.41) is 0. The number of oxazole rings is 1. The molecule has 0 saturated carbocycles. The lowest BCUT2D eigenvalue weighted by molar-refractivity contribution is -0.0586. The number of ether oxygens (including phenoxy) is 1. The fourth-order valence-corrected chi connectivity index (χ4v) is 3.55. The van der Waals surface area contributed by atoms with Crippen molar-refractivity contribution in [3.05, 3.63) is 66.1 Å². The highest BCUT2D eigenvalue weighted by Crippen LogP contribution is 2.30. The standard InChI is InChI=1S/C22H21FN2O3/c1-14-12-25(13-15(2)27-14)22(26)17-8-4-3-7-16(17)21-24-11-20(28-21)18-9-5-6-10-19(18)23/h3-11,14-15H,12-13H2,1-2H3. The Labute approximate surface area is 162 Å². The van der Waals surface area contributed by atoms with Gasteiger partial charge in [-0.05, 0) is 38.1 Å².